The minimum absolute atomic E-state index is 0.0667. The van der Waals surface area contributed by atoms with Crippen molar-refractivity contribution in [2.24, 2.45) is 5.92 Å². The van der Waals surface area contributed by atoms with Crippen molar-refractivity contribution in [3.8, 4) is 5.75 Å². The number of ketones is 1. The lowest BCUT2D eigenvalue weighted by atomic mass is 9.92. The second kappa shape index (κ2) is 9.07. The van der Waals surface area contributed by atoms with Crippen LogP contribution in [-0.2, 0) is 9.59 Å². The summed E-state index contributed by atoms with van der Waals surface area (Å²) in [5.41, 5.74) is 1.04. The van der Waals surface area contributed by atoms with Crippen LogP contribution < -0.4 is 4.74 Å². The van der Waals surface area contributed by atoms with Gasteiger partial charge in [-0.3, -0.25) is 9.59 Å². The lowest BCUT2D eigenvalue weighted by Gasteiger charge is -2.27. The number of aliphatic hydroxyl groups excluding tert-OH is 1. The molecule has 2 rings (SSSR count). The van der Waals surface area contributed by atoms with E-state index in [4.69, 9.17) is 4.74 Å². The topological polar surface area (TPSA) is 66.8 Å². The van der Waals surface area contributed by atoms with Crippen LogP contribution in [0.4, 0.5) is 0 Å². The molecule has 0 saturated carbocycles. The van der Waals surface area contributed by atoms with Crippen molar-refractivity contribution >= 4 is 11.7 Å². The Morgan fingerprint density at radius 3 is 2.33 bits per heavy atom. The minimum Gasteiger partial charge on any atom is -0.503 e. The second-order valence-electron chi connectivity index (χ2n) is 7.77. The van der Waals surface area contributed by atoms with E-state index in [0.29, 0.717) is 13.0 Å². The number of ether oxygens (including phenoxy) is 1. The molecular formula is C22H31NO4. The van der Waals surface area contributed by atoms with Crippen LogP contribution in [0.1, 0.15) is 65.5 Å². The molecule has 0 aliphatic carbocycles. The van der Waals surface area contributed by atoms with Gasteiger partial charge in [-0.25, -0.2) is 0 Å². The maximum atomic E-state index is 12.8. The van der Waals surface area contributed by atoms with Crippen molar-refractivity contribution in [3.05, 3.63) is 41.2 Å². The highest BCUT2D eigenvalue weighted by Gasteiger charge is 2.42. The maximum absolute atomic E-state index is 12.8. The molecule has 1 aromatic carbocycles. The number of amides is 1. The van der Waals surface area contributed by atoms with E-state index < -0.39 is 17.7 Å². The summed E-state index contributed by atoms with van der Waals surface area (Å²) in [7, 11) is 0. The molecular weight excluding hydrogens is 342 g/mol. The summed E-state index contributed by atoms with van der Waals surface area (Å²) in [6, 6.07) is 6.89. The lowest BCUT2D eigenvalue weighted by molar-refractivity contribution is -0.129. The summed E-state index contributed by atoms with van der Waals surface area (Å²) in [6.07, 6.45) is 2.11. The monoisotopic (exact) mass is 373 g/mol. The van der Waals surface area contributed by atoms with E-state index in [1.807, 2.05) is 58.9 Å². The van der Waals surface area contributed by atoms with Crippen LogP contribution in [0.2, 0.25) is 0 Å². The van der Waals surface area contributed by atoms with E-state index >= 15 is 0 Å². The minimum atomic E-state index is -0.539. The number of unbranched alkanes of at least 4 members (excludes halogenated alkanes) is 1. The number of aliphatic hydroxyl groups is 1. The summed E-state index contributed by atoms with van der Waals surface area (Å²) in [4.78, 5) is 27.1. The van der Waals surface area contributed by atoms with Gasteiger partial charge in [-0.1, -0.05) is 39.3 Å². The number of Topliss-reactive ketones (excluding diaryl/α,β-unsaturated/α-hetero) is 1. The van der Waals surface area contributed by atoms with E-state index in [1.54, 1.807) is 4.90 Å². The molecule has 1 aliphatic heterocycles. The molecule has 27 heavy (non-hydrogen) atoms. The third-order valence-electron chi connectivity index (χ3n) is 4.52. The third kappa shape index (κ3) is 4.90. The van der Waals surface area contributed by atoms with E-state index in [1.165, 1.54) is 0 Å². The van der Waals surface area contributed by atoms with Crippen LogP contribution in [0.3, 0.4) is 0 Å². The predicted octanol–water partition coefficient (Wildman–Crippen LogP) is 4.58. The Kier molecular flexibility index (Phi) is 7.05. The van der Waals surface area contributed by atoms with Crippen molar-refractivity contribution in [3.63, 3.8) is 0 Å². The van der Waals surface area contributed by atoms with Crippen LogP contribution in [0.5, 0.6) is 5.75 Å². The fourth-order valence-corrected chi connectivity index (χ4v) is 3.33. The van der Waals surface area contributed by atoms with Crippen molar-refractivity contribution in [2.75, 3.05) is 6.54 Å². The Balaban J connectivity index is 2.41. The average Bonchev–Trinajstić information content (AvgIpc) is 2.84. The first-order valence-electron chi connectivity index (χ1n) is 9.80. The highest BCUT2D eigenvalue weighted by molar-refractivity contribution is 6.09. The van der Waals surface area contributed by atoms with Gasteiger partial charge >= 0.3 is 0 Å². The Labute approximate surface area is 162 Å². The number of carbonyl (C=O) groups excluding carboxylic acids is 2. The summed E-state index contributed by atoms with van der Waals surface area (Å²) >= 11 is 0. The Bertz CT molecular complexity index is 704. The highest BCUT2D eigenvalue weighted by Crippen LogP contribution is 2.39. The lowest BCUT2D eigenvalue weighted by Crippen LogP contribution is -2.32. The van der Waals surface area contributed by atoms with Gasteiger partial charge in [0.2, 0.25) is 0 Å². The molecule has 0 saturated heterocycles. The zero-order valence-corrected chi connectivity index (χ0v) is 17.0. The molecule has 1 heterocycles. The molecule has 1 unspecified atom stereocenters. The van der Waals surface area contributed by atoms with Crippen molar-refractivity contribution < 1.29 is 19.4 Å². The number of rotatable bonds is 9. The summed E-state index contributed by atoms with van der Waals surface area (Å²) in [5, 5.41) is 10.5. The molecule has 0 aromatic heterocycles. The third-order valence-corrected chi connectivity index (χ3v) is 4.52. The van der Waals surface area contributed by atoms with Gasteiger partial charge in [0.1, 0.15) is 5.75 Å². The SMILES string of the molecule is CCCCN1C(=O)C(O)=C(C(=O)CC(C)C)C1c1ccc(OC(C)C)cc1. The van der Waals surface area contributed by atoms with E-state index in [2.05, 4.69) is 0 Å². The van der Waals surface area contributed by atoms with Crippen molar-refractivity contribution in [1.29, 1.82) is 0 Å². The van der Waals surface area contributed by atoms with Crippen LogP contribution in [-0.4, -0.2) is 34.3 Å². The summed E-state index contributed by atoms with van der Waals surface area (Å²) in [5.74, 6) is -0.129. The van der Waals surface area contributed by atoms with Gasteiger partial charge in [-0.15, -0.1) is 0 Å². The largest absolute Gasteiger partial charge is 0.503 e. The fourth-order valence-electron chi connectivity index (χ4n) is 3.33. The number of hydrogen-bond donors (Lipinski definition) is 1. The second-order valence-corrected chi connectivity index (χ2v) is 7.77. The Morgan fingerprint density at radius 2 is 1.81 bits per heavy atom. The molecule has 5 nitrogen and oxygen atoms in total. The van der Waals surface area contributed by atoms with E-state index in [0.717, 1.165) is 24.2 Å². The molecule has 0 fully saturated rings. The smallest absolute Gasteiger partial charge is 0.290 e. The van der Waals surface area contributed by atoms with Gasteiger partial charge < -0.3 is 14.7 Å². The van der Waals surface area contributed by atoms with E-state index in [9.17, 15) is 14.7 Å². The molecule has 0 bridgehead atoms. The quantitative estimate of drug-likeness (QED) is 0.688. The van der Waals surface area contributed by atoms with Gasteiger partial charge in [0.15, 0.2) is 11.5 Å². The molecule has 5 heteroatoms. The predicted molar refractivity (Wildman–Crippen MR) is 106 cm³/mol. The molecule has 0 spiro atoms. The maximum Gasteiger partial charge on any atom is 0.290 e. The van der Waals surface area contributed by atoms with Gasteiger partial charge in [-0.2, -0.15) is 0 Å². The number of carbonyl (C=O) groups is 2. The zero-order valence-electron chi connectivity index (χ0n) is 17.0. The van der Waals surface area contributed by atoms with Crippen molar-refractivity contribution in [1.82, 2.24) is 4.90 Å². The molecule has 1 atom stereocenters. The fraction of sp³-hybridized carbons (Fsp3) is 0.545. The van der Waals surface area contributed by atoms with Gasteiger partial charge in [0.25, 0.3) is 5.91 Å². The molecule has 0 radical (unpaired) electrons. The zero-order chi connectivity index (χ0) is 20.1. The first kappa shape index (κ1) is 21.0. The highest BCUT2D eigenvalue weighted by atomic mass is 16.5. The number of hydrogen-bond acceptors (Lipinski definition) is 4. The van der Waals surface area contributed by atoms with Crippen molar-refractivity contribution in [2.45, 2.75) is 66.0 Å². The Morgan fingerprint density at radius 1 is 1.19 bits per heavy atom. The average molecular weight is 373 g/mol. The van der Waals surface area contributed by atoms with Gasteiger partial charge in [0, 0.05) is 13.0 Å². The number of benzene rings is 1. The molecule has 148 valence electrons. The first-order chi connectivity index (χ1) is 12.8. The first-order valence-corrected chi connectivity index (χ1v) is 9.80. The van der Waals surface area contributed by atoms with Crippen LogP contribution in [0, 0.1) is 5.92 Å². The number of nitrogens with zero attached hydrogens (tertiary/aromatic N) is 1. The Hall–Kier alpha value is -2.30. The van der Waals surface area contributed by atoms with Crippen LogP contribution >= 0.6 is 0 Å². The summed E-state index contributed by atoms with van der Waals surface area (Å²) < 4.78 is 5.68. The van der Waals surface area contributed by atoms with E-state index in [-0.39, 0.29) is 23.4 Å². The molecule has 1 aromatic rings. The standard InChI is InChI=1S/C22H31NO4/c1-6-7-12-23-20(16-8-10-17(11-9-16)27-15(4)5)19(21(25)22(23)26)18(24)13-14(2)3/h8-11,14-15,20,25H,6-7,12-13H2,1-5H3. The molecule has 1 aliphatic rings. The normalized spacial score (nSPS) is 17.4. The van der Waals surface area contributed by atoms with Crippen LogP contribution in [0.15, 0.2) is 35.6 Å². The van der Waals surface area contributed by atoms with Crippen LogP contribution in [0.25, 0.3) is 0 Å². The molecule has 1 N–H and O–H groups in total. The summed E-state index contributed by atoms with van der Waals surface area (Å²) in [6.45, 7) is 10.4. The molecule has 1 amide bonds. The van der Waals surface area contributed by atoms with Gasteiger partial charge in [-0.05, 0) is 43.9 Å². The van der Waals surface area contributed by atoms with Gasteiger partial charge in [0.05, 0.1) is 17.7 Å².